The lowest BCUT2D eigenvalue weighted by Crippen LogP contribution is -2.43. The molecule has 3 heterocycles. The van der Waals surface area contributed by atoms with Crippen LogP contribution in [0.5, 0.6) is 0 Å². The van der Waals surface area contributed by atoms with Gasteiger partial charge in [0.25, 0.3) is 0 Å². The Hall–Kier alpha value is -3.22. The molecule has 6 rings (SSSR count). The summed E-state index contributed by atoms with van der Waals surface area (Å²) in [5, 5.41) is 14.2. The number of hydrogen-bond donors (Lipinski definition) is 2. The molecule has 2 atom stereocenters. The number of allylic oxidation sites excluding steroid dienone is 1. The van der Waals surface area contributed by atoms with Crippen LogP contribution >= 0.6 is 11.6 Å². The van der Waals surface area contributed by atoms with Gasteiger partial charge in [0.15, 0.2) is 5.84 Å². The summed E-state index contributed by atoms with van der Waals surface area (Å²) in [5.74, 6) is 0.788. The van der Waals surface area contributed by atoms with Crippen molar-refractivity contribution in [3.8, 4) is 0 Å². The summed E-state index contributed by atoms with van der Waals surface area (Å²) in [4.78, 5) is 5.17. The van der Waals surface area contributed by atoms with Gasteiger partial charge in [-0.1, -0.05) is 66.2 Å². The van der Waals surface area contributed by atoms with E-state index in [9.17, 15) is 0 Å². The average Bonchev–Trinajstić information content (AvgIpc) is 3.46. The lowest BCUT2D eigenvalue weighted by molar-refractivity contribution is 0.253. The molecule has 1 aromatic heterocycles. The number of hydrogen-bond acceptors (Lipinski definition) is 5. The first kappa shape index (κ1) is 19.5. The van der Waals surface area contributed by atoms with Crippen molar-refractivity contribution in [3.63, 3.8) is 0 Å². The zero-order valence-electron chi connectivity index (χ0n) is 17.4. The van der Waals surface area contributed by atoms with Gasteiger partial charge in [-0.15, -0.1) is 0 Å². The summed E-state index contributed by atoms with van der Waals surface area (Å²) in [6.45, 7) is 0. The molecule has 1 fully saturated rings. The monoisotopic (exact) mass is 442 g/mol. The minimum absolute atomic E-state index is 0.104. The largest absolute Gasteiger partial charge is 0.321 e. The zero-order valence-corrected chi connectivity index (χ0v) is 18.2. The van der Waals surface area contributed by atoms with E-state index in [4.69, 9.17) is 22.3 Å². The molecule has 1 saturated carbocycles. The third-order valence-corrected chi connectivity index (χ3v) is 6.94. The molecule has 0 radical (unpaired) electrons. The van der Waals surface area contributed by atoms with Gasteiger partial charge in [0.1, 0.15) is 17.3 Å². The Morgan fingerprint density at radius 1 is 1.00 bits per heavy atom. The van der Waals surface area contributed by atoms with Crippen molar-refractivity contribution in [2.45, 2.75) is 36.9 Å². The van der Waals surface area contributed by atoms with Gasteiger partial charge in [-0.3, -0.25) is 10.1 Å². The zero-order chi connectivity index (χ0) is 21.7. The Bertz CT molecular complexity index is 1220. The van der Waals surface area contributed by atoms with Crippen molar-refractivity contribution in [2.24, 2.45) is 15.8 Å². The second-order valence-electron chi connectivity index (χ2n) is 8.68. The second-order valence-corrected chi connectivity index (χ2v) is 9.07. The Balaban J connectivity index is 1.44. The molecular weight excluding hydrogens is 420 g/mol. The van der Waals surface area contributed by atoms with E-state index in [0.717, 1.165) is 41.1 Å². The highest BCUT2D eigenvalue weighted by Gasteiger charge is 2.42. The van der Waals surface area contributed by atoms with E-state index in [1.54, 1.807) is 6.20 Å². The maximum Gasteiger partial charge on any atom is 0.155 e. The standard InChI is InChI=1S/C25H23ClN6/c26-21-15-19(20-11-14-28-30-20)24-29-22(23(32(24)31-21)17-5-2-1-3-6-17)16-7-9-18(10-8-16)25(27)12-4-13-25/h1-3,5-11,14-15,22-23H,4,12-13,27H2,(H,28,30). The van der Waals surface area contributed by atoms with Crippen LogP contribution in [0.3, 0.4) is 0 Å². The molecule has 2 unspecified atom stereocenters. The highest BCUT2D eigenvalue weighted by Crippen LogP contribution is 2.46. The number of benzene rings is 2. The molecule has 3 N–H and O–H groups in total. The van der Waals surface area contributed by atoms with E-state index in [2.05, 4.69) is 51.7 Å². The van der Waals surface area contributed by atoms with Crippen LogP contribution < -0.4 is 5.73 Å². The van der Waals surface area contributed by atoms with Gasteiger partial charge in [0, 0.05) is 17.3 Å². The Morgan fingerprint density at radius 2 is 1.78 bits per heavy atom. The van der Waals surface area contributed by atoms with Gasteiger partial charge >= 0.3 is 0 Å². The number of hydrazone groups is 1. The number of halogens is 1. The van der Waals surface area contributed by atoms with Crippen molar-refractivity contribution >= 4 is 28.2 Å². The lowest BCUT2D eigenvalue weighted by Gasteiger charge is -2.38. The number of H-pyrrole nitrogens is 1. The number of fused-ring (bicyclic) bond motifs is 1. The number of aromatic nitrogens is 2. The van der Waals surface area contributed by atoms with E-state index < -0.39 is 0 Å². The summed E-state index contributed by atoms with van der Waals surface area (Å²) < 4.78 is 0. The van der Waals surface area contributed by atoms with Crippen molar-refractivity contribution in [1.29, 1.82) is 0 Å². The van der Waals surface area contributed by atoms with E-state index in [1.807, 2.05) is 35.4 Å². The first-order valence-corrected chi connectivity index (χ1v) is 11.3. The van der Waals surface area contributed by atoms with Crippen molar-refractivity contribution in [3.05, 3.63) is 95.3 Å². The molecule has 0 amide bonds. The quantitative estimate of drug-likeness (QED) is 0.603. The third kappa shape index (κ3) is 3.10. The van der Waals surface area contributed by atoms with Crippen LogP contribution in [0.25, 0.3) is 5.57 Å². The second kappa shape index (κ2) is 7.43. The fourth-order valence-corrected chi connectivity index (χ4v) is 5.03. The van der Waals surface area contributed by atoms with Crippen LogP contribution in [0, 0.1) is 0 Å². The summed E-state index contributed by atoms with van der Waals surface area (Å²) in [6.07, 6.45) is 6.85. The smallest absolute Gasteiger partial charge is 0.155 e. The number of nitrogens with zero attached hydrogens (tertiary/aromatic N) is 4. The molecule has 3 aromatic rings. The van der Waals surface area contributed by atoms with Crippen LogP contribution in [0.1, 0.15) is 53.7 Å². The van der Waals surface area contributed by atoms with E-state index in [0.29, 0.717) is 5.17 Å². The maximum absolute atomic E-state index is 6.54. The number of nitrogens with one attached hydrogen (secondary N) is 1. The first-order valence-electron chi connectivity index (χ1n) is 10.9. The minimum atomic E-state index is -0.176. The number of nitrogens with two attached hydrogens (primary N) is 1. The fourth-order valence-electron chi connectivity index (χ4n) is 4.84. The molecule has 32 heavy (non-hydrogen) atoms. The minimum Gasteiger partial charge on any atom is -0.321 e. The molecule has 7 heteroatoms. The Morgan fingerprint density at radius 3 is 2.44 bits per heavy atom. The van der Waals surface area contributed by atoms with Gasteiger partial charge in [0.05, 0.1) is 5.69 Å². The van der Waals surface area contributed by atoms with Gasteiger partial charge < -0.3 is 5.73 Å². The summed E-state index contributed by atoms with van der Waals surface area (Å²) in [6, 6.07) is 20.7. The fraction of sp³-hybridized carbons (Fsp3) is 0.240. The number of aliphatic imine (C=N–C) groups is 1. The molecule has 2 aromatic carbocycles. The summed E-state index contributed by atoms with van der Waals surface area (Å²) in [5.41, 5.74) is 11.6. The van der Waals surface area contributed by atoms with Crippen LogP contribution in [-0.2, 0) is 5.54 Å². The van der Waals surface area contributed by atoms with E-state index in [1.165, 1.54) is 12.0 Å². The van der Waals surface area contributed by atoms with Crippen LogP contribution in [-0.4, -0.2) is 26.2 Å². The van der Waals surface area contributed by atoms with E-state index in [-0.39, 0.29) is 17.6 Å². The SMILES string of the molecule is NC1(c2ccc(C3N=C4C(c5ccn[nH]5)=CC(Cl)=NN4C3c3ccccc3)cc2)CCC1. The van der Waals surface area contributed by atoms with Crippen LogP contribution in [0.15, 0.2) is 83.0 Å². The van der Waals surface area contributed by atoms with Crippen LogP contribution in [0.2, 0.25) is 0 Å². The molecule has 0 spiro atoms. The predicted octanol–water partition coefficient (Wildman–Crippen LogP) is 4.89. The molecular formula is C25H23ClN6. The Kier molecular flexibility index (Phi) is 4.52. The number of amidine groups is 1. The molecule has 0 bridgehead atoms. The number of aromatic amines is 1. The maximum atomic E-state index is 6.54. The van der Waals surface area contributed by atoms with Crippen LogP contribution in [0.4, 0.5) is 0 Å². The molecule has 160 valence electrons. The lowest BCUT2D eigenvalue weighted by atomic mass is 9.72. The highest BCUT2D eigenvalue weighted by atomic mass is 35.5. The normalized spacial score (nSPS) is 23.7. The topological polar surface area (TPSA) is 82.7 Å². The molecule has 0 saturated heterocycles. The van der Waals surface area contributed by atoms with E-state index >= 15 is 0 Å². The van der Waals surface area contributed by atoms with Gasteiger partial charge in [-0.05, 0) is 48.1 Å². The Labute approximate surface area is 191 Å². The third-order valence-electron chi connectivity index (χ3n) is 6.75. The van der Waals surface area contributed by atoms with Crippen molar-refractivity contribution < 1.29 is 0 Å². The summed E-state index contributed by atoms with van der Waals surface area (Å²) in [7, 11) is 0. The highest BCUT2D eigenvalue weighted by molar-refractivity contribution is 6.70. The van der Waals surface area contributed by atoms with Gasteiger partial charge in [0.2, 0.25) is 0 Å². The molecule has 6 nitrogen and oxygen atoms in total. The van der Waals surface area contributed by atoms with Crippen molar-refractivity contribution in [1.82, 2.24) is 15.2 Å². The predicted molar refractivity (Wildman–Crippen MR) is 127 cm³/mol. The molecule has 1 aliphatic carbocycles. The molecule has 3 aliphatic rings. The van der Waals surface area contributed by atoms with Gasteiger partial charge in [-0.25, -0.2) is 5.01 Å². The number of rotatable bonds is 4. The van der Waals surface area contributed by atoms with Crippen molar-refractivity contribution in [2.75, 3.05) is 0 Å². The average molecular weight is 443 g/mol. The molecule has 2 aliphatic heterocycles. The van der Waals surface area contributed by atoms with Gasteiger partial charge in [-0.2, -0.15) is 10.2 Å². The summed E-state index contributed by atoms with van der Waals surface area (Å²) >= 11 is 6.46. The first-order chi connectivity index (χ1) is 15.6.